The molecular weight excluding hydrogens is 236 g/mol. The molecule has 0 bridgehead atoms. The first-order valence-corrected chi connectivity index (χ1v) is 7.20. The number of aryl methyl sites for hydroxylation is 2. The minimum absolute atomic E-state index is 0.213. The molecule has 1 unspecified atom stereocenters. The van der Waals surface area contributed by atoms with E-state index in [1.807, 2.05) is 6.07 Å². The second-order valence-electron chi connectivity index (χ2n) is 6.16. The van der Waals surface area contributed by atoms with E-state index in [1.165, 1.54) is 11.1 Å². The molecule has 1 saturated heterocycles. The topological polar surface area (TPSA) is 41.1 Å². The highest BCUT2D eigenvalue weighted by atomic mass is 16.2. The van der Waals surface area contributed by atoms with Gasteiger partial charge in [-0.25, -0.2) is 0 Å². The van der Waals surface area contributed by atoms with Crippen LogP contribution in [-0.2, 0) is 4.79 Å². The van der Waals surface area contributed by atoms with Crippen molar-refractivity contribution in [1.82, 2.24) is 5.32 Å². The quantitative estimate of drug-likeness (QED) is 0.856. The Kier molecular flexibility index (Phi) is 3.09. The highest BCUT2D eigenvalue weighted by Crippen LogP contribution is 2.58. The van der Waals surface area contributed by atoms with Crippen molar-refractivity contribution in [2.24, 2.45) is 11.3 Å². The highest BCUT2D eigenvalue weighted by Gasteiger charge is 2.57. The molecule has 1 aliphatic heterocycles. The van der Waals surface area contributed by atoms with Crippen LogP contribution in [0.25, 0.3) is 0 Å². The van der Waals surface area contributed by atoms with Gasteiger partial charge >= 0.3 is 0 Å². The zero-order valence-electron chi connectivity index (χ0n) is 11.8. The van der Waals surface area contributed by atoms with Crippen molar-refractivity contribution < 1.29 is 4.79 Å². The van der Waals surface area contributed by atoms with E-state index in [2.05, 4.69) is 36.6 Å². The Labute approximate surface area is 114 Å². The van der Waals surface area contributed by atoms with E-state index in [-0.39, 0.29) is 11.8 Å². The van der Waals surface area contributed by atoms with Crippen LogP contribution in [0.4, 0.5) is 5.69 Å². The first-order valence-electron chi connectivity index (χ1n) is 7.20. The molecule has 1 spiro atoms. The van der Waals surface area contributed by atoms with Crippen LogP contribution in [0, 0.1) is 25.2 Å². The minimum atomic E-state index is 0.213. The Bertz CT molecular complexity index is 503. The van der Waals surface area contributed by atoms with Gasteiger partial charge in [0.2, 0.25) is 5.91 Å². The number of anilines is 1. The molecule has 102 valence electrons. The summed E-state index contributed by atoms with van der Waals surface area (Å²) >= 11 is 0. The molecule has 0 radical (unpaired) electrons. The molecule has 19 heavy (non-hydrogen) atoms. The van der Waals surface area contributed by atoms with Crippen LogP contribution >= 0.6 is 0 Å². The molecule has 1 heterocycles. The Morgan fingerprint density at radius 1 is 1.26 bits per heavy atom. The van der Waals surface area contributed by atoms with E-state index in [0.29, 0.717) is 5.41 Å². The average Bonchev–Trinajstić information content (AvgIpc) is 3.08. The van der Waals surface area contributed by atoms with E-state index >= 15 is 0 Å². The van der Waals surface area contributed by atoms with E-state index in [1.54, 1.807) is 0 Å². The van der Waals surface area contributed by atoms with Gasteiger partial charge in [0, 0.05) is 11.6 Å². The van der Waals surface area contributed by atoms with Gasteiger partial charge in [-0.1, -0.05) is 6.07 Å². The van der Waals surface area contributed by atoms with E-state index in [9.17, 15) is 4.79 Å². The van der Waals surface area contributed by atoms with Crippen molar-refractivity contribution in [3.8, 4) is 0 Å². The van der Waals surface area contributed by atoms with Crippen LogP contribution < -0.4 is 10.6 Å². The van der Waals surface area contributed by atoms with Crippen LogP contribution in [0.5, 0.6) is 0 Å². The van der Waals surface area contributed by atoms with Gasteiger partial charge in [-0.15, -0.1) is 0 Å². The number of amides is 1. The summed E-state index contributed by atoms with van der Waals surface area (Å²) in [6.45, 7) is 6.29. The molecule has 1 aliphatic carbocycles. The summed E-state index contributed by atoms with van der Waals surface area (Å²) in [5.41, 5.74) is 3.74. The molecule has 1 saturated carbocycles. The lowest BCUT2D eigenvalue weighted by Gasteiger charge is -2.23. The van der Waals surface area contributed by atoms with Crippen LogP contribution in [0.3, 0.4) is 0 Å². The predicted octanol–water partition coefficient (Wildman–Crippen LogP) is 2.63. The zero-order valence-corrected chi connectivity index (χ0v) is 11.8. The molecule has 2 aliphatic rings. The number of hydrogen-bond donors (Lipinski definition) is 2. The fourth-order valence-corrected chi connectivity index (χ4v) is 3.24. The summed E-state index contributed by atoms with van der Waals surface area (Å²) in [6, 6.07) is 6.13. The van der Waals surface area contributed by atoms with E-state index < -0.39 is 0 Å². The number of nitrogens with one attached hydrogen (secondary N) is 2. The number of rotatable bonds is 2. The summed E-state index contributed by atoms with van der Waals surface area (Å²) in [7, 11) is 0. The third-order valence-electron chi connectivity index (χ3n) is 4.88. The largest absolute Gasteiger partial charge is 0.326 e. The van der Waals surface area contributed by atoms with Gasteiger partial charge in [-0.3, -0.25) is 4.79 Å². The molecule has 2 N–H and O–H groups in total. The fraction of sp³-hybridized carbons (Fsp3) is 0.562. The second-order valence-corrected chi connectivity index (χ2v) is 6.16. The molecule has 0 aromatic heterocycles. The number of piperidine rings is 1. The Hall–Kier alpha value is -1.35. The third-order valence-corrected chi connectivity index (χ3v) is 4.88. The van der Waals surface area contributed by atoms with E-state index in [4.69, 9.17) is 0 Å². The standard InChI is InChI=1S/C16H22N2O/c1-11-3-4-13(9-12(11)2)18-15(19)14-10-16(14)5-7-17-8-6-16/h3-4,9,14,17H,5-8,10H2,1-2H3,(H,18,19). The number of carbonyl (C=O) groups excluding carboxylic acids is 1. The van der Waals surface area contributed by atoms with Crippen molar-refractivity contribution in [1.29, 1.82) is 0 Å². The predicted molar refractivity (Wildman–Crippen MR) is 77.2 cm³/mol. The molecule has 1 aromatic carbocycles. The van der Waals surface area contributed by atoms with Crippen LogP contribution in [0.2, 0.25) is 0 Å². The normalized spacial score (nSPS) is 24.2. The number of carbonyl (C=O) groups is 1. The van der Waals surface area contributed by atoms with Crippen LogP contribution in [0.1, 0.15) is 30.4 Å². The summed E-state index contributed by atoms with van der Waals surface area (Å²) in [5, 5.41) is 6.46. The first kappa shape index (κ1) is 12.7. The minimum Gasteiger partial charge on any atom is -0.326 e. The lowest BCUT2D eigenvalue weighted by molar-refractivity contribution is -0.118. The zero-order chi connectivity index (χ0) is 13.5. The summed E-state index contributed by atoms with van der Waals surface area (Å²) in [6.07, 6.45) is 3.38. The van der Waals surface area contributed by atoms with Crippen LogP contribution in [0.15, 0.2) is 18.2 Å². The Balaban J connectivity index is 1.64. The van der Waals surface area contributed by atoms with Gasteiger partial charge in [-0.2, -0.15) is 0 Å². The molecule has 1 aromatic rings. The van der Waals surface area contributed by atoms with Gasteiger partial charge in [0.1, 0.15) is 0 Å². The molecule has 1 amide bonds. The summed E-state index contributed by atoms with van der Waals surface area (Å²) in [4.78, 5) is 12.3. The van der Waals surface area contributed by atoms with Gasteiger partial charge in [0.05, 0.1) is 0 Å². The van der Waals surface area contributed by atoms with Crippen molar-refractivity contribution in [2.45, 2.75) is 33.1 Å². The van der Waals surface area contributed by atoms with Crippen molar-refractivity contribution >= 4 is 11.6 Å². The van der Waals surface area contributed by atoms with E-state index in [0.717, 1.165) is 38.0 Å². The van der Waals surface area contributed by atoms with Crippen LogP contribution in [-0.4, -0.2) is 19.0 Å². The van der Waals surface area contributed by atoms with Gasteiger partial charge in [0.15, 0.2) is 0 Å². The molecule has 3 nitrogen and oxygen atoms in total. The van der Waals surface area contributed by atoms with Crippen molar-refractivity contribution in [2.75, 3.05) is 18.4 Å². The SMILES string of the molecule is Cc1ccc(NC(=O)C2CC23CCNCC3)cc1C. The maximum absolute atomic E-state index is 12.3. The highest BCUT2D eigenvalue weighted by molar-refractivity contribution is 5.95. The smallest absolute Gasteiger partial charge is 0.228 e. The lowest BCUT2D eigenvalue weighted by Crippen LogP contribution is -2.31. The summed E-state index contributed by atoms with van der Waals surface area (Å²) < 4.78 is 0. The maximum Gasteiger partial charge on any atom is 0.228 e. The number of benzene rings is 1. The van der Waals surface area contributed by atoms with Crippen molar-refractivity contribution in [3.63, 3.8) is 0 Å². The molecule has 3 heteroatoms. The molecule has 3 rings (SSSR count). The van der Waals surface area contributed by atoms with Crippen molar-refractivity contribution in [3.05, 3.63) is 29.3 Å². The fourth-order valence-electron chi connectivity index (χ4n) is 3.24. The Morgan fingerprint density at radius 2 is 2.00 bits per heavy atom. The van der Waals surface area contributed by atoms with Gasteiger partial charge in [0.25, 0.3) is 0 Å². The Morgan fingerprint density at radius 3 is 2.68 bits per heavy atom. The second kappa shape index (κ2) is 4.64. The molecule has 2 fully saturated rings. The van der Waals surface area contributed by atoms with Gasteiger partial charge in [-0.05, 0) is 74.9 Å². The number of hydrogen-bond acceptors (Lipinski definition) is 2. The summed E-state index contributed by atoms with van der Waals surface area (Å²) in [5.74, 6) is 0.446. The molecule has 1 atom stereocenters. The monoisotopic (exact) mass is 258 g/mol. The lowest BCUT2D eigenvalue weighted by atomic mass is 9.92. The maximum atomic E-state index is 12.3. The van der Waals surface area contributed by atoms with Gasteiger partial charge < -0.3 is 10.6 Å². The third kappa shape index (κ3) is 2.39. The average molecular weight is 258 g/mol. The first-order chi connectivity index (χ1) is 9.11. The molecular formula is C16H22N2O.